The van der Waals surface area contributed by atoms with Crippen molar-refractivity contribution in [2.75, 3.05) is 17.8 Å². The highest BCUT2D eigenvalue weighted by Gasteiger charge is 2.08. The highest BCUT2D eigenvalue weighted by atomic mass is 35.5. The van der Waals surface area contributed by atoms with E-state index in [1.807, 2.05) is 37.4 Å². The second-order valence-corrected chi connectivity index (χ2v) is 2.89. The van der Waals surface area contributed by atoms with Crippen molar-refractivity contribution in [1.82, 2.24) is 0 Å². The lowest BCUT2D eigenvalue weighted by atomic mass is 10.3. The lowest BCUT2D eigenvalue weighted by Crippen LogP contribution is -2.32. The van der Waals surface area contributed by atoms with Crippen LogP contribution < -0.4 is 4.90 Å². The van der Waals surface area contributed by atoms with Crippen LogP contribution in [0.15, 0.2) is 30.3 Å². The summed E-state index contributed by atoms with van der Waals surface area (Å²) in [5.41, 5.74) is 0.964. The molecular weight excluding hydrogens is 174 g/mol. The number of para-hydroxylation sites is 1. The van der Waals surface area contributed by atoms with Crippen molar-refractivity contribution in [3.63, 3.8) is 0 Å². The molecule has 0 saturated carbocycles. The van der Waals surface area contributed by atoms with E-state index >= 15 is 0 Å². The van der Waals surface area contributed by atoms with Crippen LogP contribution in [0.4, 0.5) is 5.69 Å². The van der Waals surface area contributed by atoms with Gasteiger partial charge in [0.05, 0.1) is 5.88 Å². The number of anilines is 1. The fourth-order valence-electron chi connectivity index (χ4n) is 0.939. The molecule has 1 unspecified atom stereocenters. The van der Waals surface area contributed by atoms with E-state index in [1.54, 1.807) is 4.90 Å². The van der Waals surface area contributed by atoms with Gasteiger partial charge in [0.2, 0.25) is 0 Å². The third-order valence-electron chi connectivity index (χ3n) is 1.75. The van der Waals surface area contributed by atoms with Crippen molar-refractivity contribution in [2.45, 2.75) is 6.23 Å². The minimum Gasteiger partial charge on any atom is -0.372 e. The maximum Gasteiger partial charge on any atom is 0.140 e. The van der Waals surface area contributed by atoms with E-state index in [4.69, 9.17) is 11.6 Å². The van der Waals surface area contributed by atoms with Crippen molar-refractivity contribution < 1.29 is 5.11 Å². The average Bonchev–Trinajstić information content (AvgIpc) is 2.17. The van der Waals surface area contributed by atoms with E-state index in [0.717, 1.165) is 5.69 Å². The summed E-state index contributed by atoms with van der Waals surface area (Å²) in [5.74, 6) is 0.214. The Morgan fingerprint density at radius 3 is 2.50 bits per heavy atom. The Hall–Kier alpha value is -0.730. The molecule has 1 aromatic rings. The van der Waals surface area contributed by atoms with Crippen molar-refractivity contribution in [1.29, 1.82) is 0 Å². The van der Waals surface area contributed by atoms with E-state index in [0.29, 0.717) is 0 Å². The molecule has 3 heteroatoms. The van der Waals surface area contributed by atoms with Crippen LogP contribution >= 0.6 is 11.6 Å². The fourth-order valence-corrected chi connectivity index (χ4v) is 1.15. The third kappa shape index (κ3) is 2.13. The minimum absolute atomic E-state index is 0.214. The van der Waals surface area contributed by atoms with E-state index < -0.39 is 6.23 Å². The average molecular weight is 186 g/mol. The van der Waals surface area contributed by atoms with Crippen molar-refractivity contribution in [2.24, 2.45) is 0 Å². The molecule has 12 heavy (non-hydrogen) atoms. The molecule has 0 fully saturated rings. The highest BCUT2D eigenvalue weighted by Crippen LogP contribution is 2.13. The number of hydrogen-bond acceptors (Lipinski definition) is 2. The number of aliphatic hydroxyl groups excluding tert-OH is 1. The topological polar surface area (TPSA) is 23.5 Å². The zero-order valence-electron chi connectivity index (χ0n) is 6.94. The van der Waals surface area contributed by atoms with Gasteiger partial charge in [-0.05, 0) is 12.1 Å². The molecule has 1 atom stereocenters. The summed E-state index contributed by atoms with van der Waals surface area (Å²) in [7, 11) is 1.81. The maximum absolute atomic E-state index is 9.37. The molecule has 1 N–H and O–H groups in total. The number of alkyl halides is 1. The van der Waals surface area contributed by atoms with Crippen LogP contribution in [0.5, 0.6) is 0 Å². The van der Waals surface area contributed by atoms with E-state index in [2.05, 4.69) is 0 Å². The predicted octanol–water partition coefficient (Wildman–Crippen LogP) is 1.68. The second kappa shape index (κ2) is 4.33. The van der Waals surface area contributed by atoms with Gasteiger partial charge in [-0.3, -0.25) is 0 Å². The van der Waals surface area contributed by atoms with Gasteiger partial charge >= 0.3 is 0 Å². The summed E-state index contributed by atoms with van der Waals surface area (Å²) >= 11 is 5.51. The Morgan fingerprint density at radius 1 is 1.42 bits per heavy atom. The van der Waals surface area contributed by atoms with E-state index in [-0.39, 0.29) is 5.88 Å². The molecule has 0 spiro atoms. The van der Waals surface area contributed by atoms with Crippen LogP contribution in [-0.4, -0.2) is 24.3 Å². The van der Waals surface area contributed by atoms with Gasteiger partial charge < -0.3 is 10.0 Å². The molecule has 0 aromatic heterocycles. The molecule has 0 bridgehead atoms. The fraction of sp³-hybridized carbons (Fsp3) is 0.333. The lowest BCUT2D eigenvalue weighted by Gasteiger charge is -2.23. The van der Waals surface area contributed by atoms with Gasteiger partial charge in [0.15, 0.2) is 0 Å². The van der Waals surface area contributed by atoms with Crippen LogP contribution in [0.25, 0.3) is 0 Å². The molecule has 0 aliphatic heterocycles. The van der Waals surface area contributed by atoms with Gasteiger partial charge in [-0.25, -0.2) is 0 Å². The monoisotopic (exact) mass is 185 g/mol. The van der Waals surface area contributed by atoms with Gasteiger partial charge in [0.1, 0.15) is 6.23 Å². The van der Waals surface area contributed by atoms with Crippen LogP contribution in [0.2, 0.25) is 0 Å². The number of rotatable bonds is 3. The van der Waals surface area contributed by atoms with Crippen molar-refractivity contribution in [3.05, 3.63) is 30.3 Å². The van der Waals surface area contributed by atoms with Crippen molar-refractivity contribution >= 4 is 17.3 Å². The summed E-state index contributed by atoms with van der Waals surface area (Å²) in [6, 6.07) is 9.63. The number of nitrogens with zero attached hydrogens (tertiary/aromatic N) is 1. The Labute approximate surface area is 77.4 Å². The number of hydrogen-bond donors (Lipinski definition) is 1. The molecule has 0 saturated heterocycles. The van der Waals surface area contributed by atoms with Gasteiger partial charge in [0.25, 0.3) is 0 Å². The minimum atomic E-state index is -0.617. The van der Waals surface area contributed by atoms with Gasteiger partial charge in [-0.15, -0.1) is 11.6 Å². The molecule has 66 valence electrons. The zero-order chi connectivity index (χ0) is 8.97. The largest absolute Gasteiger partial charge is 0.372 e. The molecule has 0 aliphatic rings. The molecule has 0 radical (unpaired) electrons. The first kappa shape index (κ1) is 9.36. The van der Waals surface area contributed by atoms with Crippen molar-refractivity contribution in [3.8, 4) is 0 Å². The number of aliphatic hydroxyl groups is 1. The van der Waals surface area contributed by atoms with Crippen LogP contribution in [0.1, 0.15) is 0 Å². The first-order valence-electron chi connectivity index (χ1n) is 3.77. The molecular formula is C9H12ClNO. The van der Waals surface area contributed by atoms with E-state index in [1.165, 1.54) is 0 Å². The zero-order valence-corrected chi connectivity index (χ0v) is 7.70. The van der Waals surface area contributed by atoms with Gasteiger partial charge in [-0.2, -0.15) is 0 Å². The first-order chi connectivity index (χ1) is 5.75. The smallest absolute Gasteiger partial charge is 0.140 e. The Morgan fingerprint density at radius 2 is 2.00 bits per heavy atom. The van der Waals surface area contributed by atoms with Crippen LogP contribution in [0.3, 0.4) is 0 Å². The van der Waals surface area contributed by atoms with Crippen LogP contribution in [-0.2, 0) is 0 Å². The maximum atomic E-state index is 9.37. The SMILES string of the molecule is CN(c1ccccc1)C(O)CCl. The quantitative estimate of drug-likeness (QED) is 0.572. The summed E-state index contributed by atoms with van der Waals surface area (Å²) in [4.78, 5) is 1.73. The standard InChI is InChI=1S/C9H12ClNO/c1-11(9(12)7-10)8-5-3-2-4-6-8/h2-6,9,12H,7H2,1H3. The normalized spacial score (nSPS) is 12.6. The number of benzene rings is 1. The lowest BCUT2D eigenvalue weighted by molar-refractivity contribution is 0.198. The third-order valence-corrected chi connectivity index (χ3v) is 2.02. The summed E-state index contributed by atoms with van der Waals surface area (Å²) in [6.07, 6.45) is -0.617. The summed E-state index contributed by atoms with van der Waals surface area (Å²) in [5, 5.41) is 9.37. The Balaban J connectivity index is 2.71. The molecule has 1 rings (SSSR count). The van der Waals surface area contributed by atoms with Crippen LogP contribution in [0, 0.1) is 0 Å². The Bertz CT molecular complexity index is 227. The summed E-state index contributed by atoms with van der Waals surface area (Å²) in [6.45, 7) is 0. The molecule has 0 amide bonds. The molecule has 0 heterocycles. The second-order valence-electron chi connectivity index (χ2n) is 2.58. The predicted molar refractivity (Wildman–Crippen MR) is 51.6 cm³/mol. The molecule has 1 aromatic carbocycles. The summed E-state index contributed by atoms with van der Waals surface area (Å²) < 4.78 is 0. The first-order valence-corrected chi connectivity index (χ1v) is 4.31. The van der Waals surface area contributed by atoms with Gasteiger partial charge in [0, 0.05) is 12.7 Å². The van der Waals surface area contributed by atoms with E-state index in [9.17, 15) is 5.11 Å². The Kier molecular flexibility index (Phi) is 3.38. The number of halogens is 1. The van der Waals surface area contributed by atoms with Gasteiger partial charge in [-0.1, -0.05) is 18.2 Å². The molecule has 0 aliphatic carbocycles. The molecule has 2 nitrogen and oxygen atoms in total. The highest BCUT2D eigenvalue weighted by molar-refractivity contribution is 6.18.